The van der Waals surface area contributed by atoms with Crippen LogP contribution in [-0.2, 0) is 65.4 Å². The molecular formula is C60H116O17P2. The Kier molecular flexibility index (Phi) is 52.7. The monoisotopic (exact) mass is 1170 g/mol. The van der Waals surface area contributed by atoms with Gasteiger partial charge in [-0.3, -0.25) is 37.3 Å². The molecule has 0 aliphatic carbocycles. The minimum absolute atomic E-state index is 0.103. The Hall–Kier alpha value is -1.94. The maximum Gasteiger partial charge on any atom is 0.472 e. The predicted octanol–water partition coefficient (Wildman–Crippen LogP) is 16.2. The molecule has 6 atom stereocenters. The van der Waals surface area contributed by atoms with Crippen LogP contribution in [0.15, 0.2) is 0 Å². The molecule has 3 unspecified atom stereocenters. The van der Waals surface area contributed by atoms with E-state index in [2.05, 4.69) is 34.6 Å². The van der Waals surface area contributed by atoms with Gasteiger partial charge in [0.15, 0.2) is 12.2 Å². The Labute approximate surface area is 479 Å². The summed E-state index contributed by atoms with van der Waals surface area (Å²) < 4.78 is 67.5. The number of hydrogen-bond acceptors (Lipinski definition) is 15. The van der Waals surface area contributed by atoms with Gasteiger partial charge in [-0.1, -0.05) is 247 Å². The minimum atomic E-state index is -4.94. The van der Waals surface area contributed by atoms with Crippen LogP contribution >= 0.6 is 15.6 Å². The molecule has 0 heterocycles. The van der Waals surface area contributed by atoms with Crippen LogP contribution in [0, 0.1) is 5.92 Å². The number of hydrogen-bond donors (Lipinski definition) is 3. The molecule has 0 aliphatic heterocycles. The number of carbonyl (C=O) groups is 4. The summed E-state index contributed by atoms with van der Waals surface area (Å²) in [5.41, 5.74) is 0. The first-order valence-electron chi connectivity index (χ1n) is 31.7. The van der Waals surface area contributed by atoms with Gasteiger partial charge in [-0.2, -0.15) is 0 Å². The highest BCUT2D eigenvalue weighted by atomic mass is 31.2. The van der Waals surface area contributed by atoms with Crippen LogP contribution in [0.5, 0.6) is 0 Å². The van der Waals surface area contributed by atoms with Crippen LogP contribution in [-0.4, -0.2) is 96.7 Å². The molecule has 0 saturated heterocycles. The molecule has 79 heavy (non-hydrogen) atoms. The fraction of sp³-hybridized carbons (Fsp3) is 0.933. The average molecular weight is 1170 g/mol. The molecule has 0 amide bonds. The average Bonchev–Trinajstić information content (AvgIpc) is 3.42. The second-order valence-electron chi connectivity index (χ2n) is 22.0. The van der Waals surface area contributed by atoms with Crippen molar-refractivity contribution in [3.63, 3.8) is 0 Å². The number of aliphatic hydroxyl groups excluding tert-OH is 1. The first-order valence-corrected chi connectivity index (χ1v) is 34.7. The van der Waals surface area contributed by atoms with E-state index >= 15 is 0 Å². The highest BCUT2D eigenvalue weighted by molar-refractivity contribution is 7.47. The van der Waals surface area contributed by atoms with E-state index in [0.717, 1.165) is 115 Å². The third-order valence-electron chi connectivity index (χ3n) is 14.1. The number of aliphatic hydroxyl groups is 1. The molecule has 0 aromatic carbocycles. The number of ether oxygens (including phenoxy) is 4. The van der Waals surface area contributed by atoms with E-state index in [9.17, 15) is 43.2 Å². The van der Waals surface area contributed by atoms with Crippen LogP contribution < -0.4 is 0 Å². The summed E-state index contributed by atoms with van der Waals surface area (Å²) in [6.07, 6.45) is 36.7. The molecule has 0 aromatic rings. The molecule has 468 valence electrons. The Balaban J connectivity index is 5.09. The summed E-state index contributed by atoms with van der Waals surface area (Å²) in [6, 6.07) is 0. The van der Waals surface area contributed by atoms with Crippen molar-refractivity contribution in [2.24, 2.45) is 5.92 Å². The van der Waals surface area contributed by atoms with Gasteiger partial charge in [0.05, 0.1) is 26.4 Å². The molecule has 17 nitrogen and oxygen atoms in total. The molecular weight excluding hydrogens is 1050 g/mol. The highest BCUT2D eigenvalue weighted by Crippen LogP contribution is 2.45. The van der Waals surface area contributed by atoms with E-state index in [4.69, 9.17) is 37.0 Å². The molecule has 0 bridgehead atoms. The van der Waals surface area contributed by atoms with Crippen molar-refractivity contribution in [3.05, 3.63) is 0 Å². The summed E-state index contributed by atoms with van der Waals surface area (Å²) in [5, 5.41) is 10.5. The van der Waals surface area contributed by atoms with Crippen LogP contribution in [0.1, 0.15) is 298 Å². The van der Waals surface area contributed by atoms with Crippen molar-refractivity contribution in [1.82, 2.24) is 0 Å². The van der Waals surface area contributed by atoms with Crippen molar-refractivity contribution in [1.29, 1.82) is 0 Å². The molecule has 0 radical (unpaired) electrons. The van der Waals surface area contributed by atoms with E-state index in [1.54, 1.807) is 0 Å². The van der Waals surface area contributed by atoms with Gasteiger partial charge in [-0.15, -0.1) is 0 Å². The van der Waals surface area contributed by atoms with Crippen molar-refractivity contribution in [3.8, 4) is 0 Å². The molecule has 19 heteroatoms. The summed E-state index contributed by atoms with van der Waals surface area (Å²) >= 11 is 0. The van der Waals surface area contributed by atoms with Gasteiger partial charge in [0.25, 0.3) is 0 Å². The lowest BCUT2D eigenvalue weighted by Gasteiger charge is -2.21. The first-order chi connectivity index (χ1) is 38.1. The summed E-state index contributed by atoms with van der Waals surface area (Å²) in [5.74, 6) is -1.31. The number of esters is 4. The van der Waals surface area contributed by atoms with Crippen molar-refractivity contribution in [2.45, 2.75) is 316 Å². The zero-order valence-electron chi connectivity index (χ0n) is 50.5. The molecule has 0 saturated carbocycles. The zero-order chi connectivity index (χ0) is 58.5. The van der Waals surface area contributed by atoms with Gasteiger partial charge in [0, 0.05) is 25.7 Å². The third kappa shape index (κ3) is 53.8. The predicted molar refractivity (Wildman–Crippen MR) is 312 cm³/mol. The second kappa shape index (κ2) is 54.0. The van der Waals surface area contributed by atoms with E-state index in [-0.39, 0.29) is 25.7 Å². The summed E-state index contributed by atoms with van der Waals surface area (Å²) in [4.78, 5) is 71.6. The topological polar surface area (TPSA) is 237 Å². The van der Waals surface area contributed by atoms with E-state index in [1.807, 2.05) is 0 Å². The Morgan fingerprint density at radius 1 is 0.354 bits per heavy atom. The molecule has 0 fully saturated rings. The van der Waals surface area contributed by atoms with Crippen LogP contribution in [0.25, 0.3) is 0 Å². The van der Waals surface area contributed by atoms with Crippen LogP contribution in [0.3, 0.4) is 0 Å². The number of phosphoric ester groups is 2. The van der Waals surface area contributed by atoms with Gasteiger partial charge in [-0.25, -0.2) is 9.13 Å². The second-order valence-corrected chi connectivity index (χ2v) is 24.9. The van der Waals surface area contributed by atoms with Crippen molar-refractivity contribution >= 4 is 39.5 Å². The fourth-order valence-electron chi connectivity index (χ4n) is 8.84. The minimum Gasteiger partial charge on any atom is -0.462 e. The lowest BCUT2D eigenvalue weighted by molar-refractivity contribution is -0.161. The van der Waals surface area contributed by atoms with Gasteiger partial charge >= 0.3 is 39.5 Å². The highest BCUT2D eigenvalue weighted by Gasteiger charge is 2.30. The quantitative estimate of drug-likeness (QED) is 0.0222. The Morgan fingerprint density at radius 3 is 0.899 bits per heavy atom. The van der Waals surface area contributed by atoms with Crippen molar-refractivity contribution in [2.75, 3.05) is 39.6 Å². The van der Waals surface area contributed by atoms with Crippen LogP contribution in [0.4, 0.5) is 0 Å². The van der Waals surface area contributed by atoms with Gasteiger partial charge in [0.2, 0.25) is 0 Å². The Bertz CT molecular complexity index is 1550. The molecule has 0 rings (SSSR count). The van der Waals surface area contributed by atoms with Gasteiger partial charge in [0.1, 0.15) is 19.3 Å². The van der Waals surface area contributed by atoms with E-state index in [1.165, 1.54) is 103 Å². The summed E-state index contributed by atoms with van der Waals surface area (Å²) in [7, 11) is -9.86. The smallest absolute Gasteiger partial charge is 0.462 e. The number of phosphoric acid groups is 2. The third-order valence-corrected chi connectivity index (χ3v) is 16.0. The maximum atomic E-state index is 12.9. The molecule has 0 aromatic heterocycles. The van der Waals surface area contributed by atoms with E-state index < -0.39 is 97.5 Å². The number of unbranched alkanes of at least 4 members (excludes halogenated alkanes) is 31. The fourth-order valence-corrected chi connectivity index (χ4v) is 10.4. The van der Waals surface area contributed by atoms with Gasteiger partial charge in [-0.05, 0) is 31.6 Å². The molecule has 0 aliphatic rings. The Morgan fingerprint density at radius 2 is 0.608 bits per heavy atom. The SMILES string of the molecule is CCCCCCCCCCCC(=O)OC[C@H](COP(=O)(O)OC[C@@H](O)COP(=O)(O)OC[C@@H](COC(=O)CCCCCCC)OC(=O)CCCCCCCCC)OC(=O)CCCCCCCCCCCCCCCCC(C)CC. The van der Waals surface area contributed by atoms with Gasteiger partial charge < -0.3 is 33.8 Å². The maximum absolute atomic E-state index is 12.9. The molecule has 3 N–H and O–H groups in total. The van der Waals surface area contributed by atoms with Crippen molar-refractivity contribution < 1.29 is 80.2 Å². The number of rotatable bonds is 60. The standard InChI is InChI=1S/C60H116O17P2/c1-6-10-13-16-18-25-30-34-39-44-58(63)71-50-56(77-60(65)46-41-36-31-27-24-22-20-19-21-23-26-29-33-37-42-53(5)9-4)52-75-79(68,69)73-48-54(61)47-72-78(66,67)74-51-55(49-70-57(62)43-38-32-15-12-8-3)76-59(64)45-40-35-28-17-14-11-7-2/h53-56,61H,6-52H2,1-5H3,(H,66,67)(H,68,69)/t53?,54-,55+,56+/m0/s1. The lowest BCUT2D eigenvalue weighted by Crippen LogP contribution is -2.30. The lowest BCUT2D eigenvalue weighted by atomic mass is 9.99. The van der Waals surface area contributed by atoms with Crippen LogP contribution in [0.2, 0.25) is 0 Å². The molecule has 0 spiro atoms. The number of carbonyl (C=O) groups excluding carboxylic acids is 4. The summed E-state index contributed by atoms with van der Waals surface area (Å²) in [6.45, 7) is 7.07. The first kappa shape index (κ1) is 77.1. The zero-order valence-corrected chi connectivity index (χ0v) is 52.3. The largest absolute Gasteiger partial charge is 0.472 e. The van der Waals surface area contributed by atoms with E-state index in [0.29, 0.717) is 25.7 Å². The normalized spacial score (nSPS) is 14.7.